The van der Waals surface area contributed by atoms with Crippen LogP contribution in [0.15, 0.2) is 57.5 Å². The first-order valence-electron chi connectivity index (χ1n) is 7.35. The van der Waals surface area contributed by atoms with Gasteiger partial charge >= 0.3 is 0 Å². The molecule has 0 N–H and O–H groups in total. The Morgan fingerprint density at radius 3 is 2.64 bits per heavy atom. The normalized spacial score (nSPS) is 11.0. The lowest BCUT2D eigenvalue weighted by Crippen LogP contribution is -1.90. The fourth-order valence-electron chi connectivity index (χ4n) is 2.27. The molecule has 4 aromatic rings. The van der Waals surface area contributed by atoms with Crippen molar-refractivity contribution in [1.29, 1.82) is 0 Å². The molecule has 0 fully saturated rings. The van der Waals surface area contributed by atoms with Crippen molar-refractivity contribution in [1.82, 2.24) is 20.3 Å². The molecule has 2 aromatic carbocycles. The van der Waals surface area contributed by atoms with Crippen molar-refractivity contribution in [2.24, 2.45) is 0 Å². The lowest BCUT2D eigenvalue weighted by atomic mass is 10.2. The van der Waals surface area contributed by atoms with Gasteiger partial charge in [-0.15, -0.1) is 10.2 Å². The summed E-state index contributed by atoms with van der Waals surface area (Å²) in [7, 11) is 0. The zero-order valence-electron chi connectivity index (χ0n) is 12.7. The highest BCUT2D eigenvalue weighted by molar-refractivity contribution is 5.55. The maximum atomic E-state index is 13.7. The molecule has 4 rings (SSSR count). The Balaban J connectivity index is 1.55. The van der Waals surface area contributed by atoms with E-state index in [0.717, 1.165) is 0 Å². The molecule has 8 heteroatoms. The predicted octanol–water partition coefficient (Wildman–Crippen LogP) is 3.66. The first kappa shape index (κ1) is 15.1. The Labute approximate surface area is 140 Å². The summed E-state index contributed by atoms with van der Waals surface area (Å²) in [5, 5.41) is 11.5. The zero-order valence-corrected chi connectivity index (χ0v) is 12.7. The summed E-state index contributed by atoms with van der Waals surface area (Å²) in [4.78, 5) is 4.13. The molecule has 0 saturated heterocycles. The smallest absolute Gasteiger partial charge is 0.247 e. The van der Waals surface area contributed by atoms with E-state index in [1.165, 1.54) is 18.2 Å². The van der Waals surface area contributed by atoms with E-state index in [-0.39, 0.29) is 35.5 Å². The van der Waals surface area contributed by atoms with Crippen LogP contribution in [0.25, 0.3) is 22.8 Å². The third-order valence-corrected chi connectivity index (χ3v) is 3.42. The lowest BCUT2D eigenvalue weighted by molar-refractivity contribution is 0.373. The molecule has 0 aliphatic rings. The summed E-state index contributed by atoms with van der Waals surface area (Å²) in [6.07, 6.45) is 0.0871. The third kappa shape index (κ3) is 3.14. The summed E-state index contributed by atoms with van der Waals surface area (Å²) in [6.45, 7) is 0. The van der Waals surface area contributed by atoms with Crippen LogP contribution in [0.3, 0.4) is 0 Å². The van der Waals surface area contributed by atoms with Crippen LogP contribution in [-0.4, -0.2) is 20.3 Å². The van der Waals surface area contributed by atoms with Crippen LogP contribution in [0.5, 0.6) is 0 Å². The van der Waals surface area contributed by atoms with Gasteiger partial charge in [-0.2, -0.15) is 4.98 Å². The Kier molecular flexibility index (Phi) is 3.77. The van der Waals surface area contributed by atoms with Crippen LogP contribution < -0.4 is 0 Å². The maximum absolute atomic E-state index is 13.7. The van der Waals surface area contributed by atoms with E-state index in [1.54, 1.807) is 30.3 Å². The summed E-state index contributed by atoms with van der Waals surface area (Å²) in [5.41, 5.74) is 0.708. The average Bonchev–Trinajstić information content (AvgIpc) is 3.25. The molecular weight excluding hydrogens is 330 g/mol. The molecule has 0 bridgehead atoms. The molecule has 0 spiro atoms. The van der Waals surface area contributed by atoms with Crippen LogP contribution in [-0.2, 0) is 6.42 Å². The quantitative estimate of drug-likeness (QED) is 0.564. The average molecular weight is 340 g/mol. The number of hydrogen-bond donors (Lipinski definition) is 0. The van der Waals surface area contributed by atoms with Gasteiger partial charge in [0.15, 0.2) is 0 Å². The molecule has 0 atom stereocenters. The molecule has 2 heterocycles. The van der Waals surface area contributed by atoms with Gasteiger partial charge in [0.25, 0.3) is 0 Å². The van der Waals surface area contributed by atoms with Gasteiger partial charge in [-0.25, -0.2) is 8.78 Å². The van der Waals surface area contributed by atoms with Crippen LogP contribution >= 0.6 is 0 Å². The van der Waals surface area contributed by atoms with Gasteiger partial charge in [0.1, 0.15) is 18.1 Å². The predicted molar refractivity (Wildman–Crippen MR) is 82.2 cm³/mol. The Hall–Kier alpha value is -3.42. The van der Waals surface area contributed by atoms with Crippen LogP contribution in [0.4, 0.5) is 8.78 Å². The molecule has 0 saturated carbocycles. The second-order valence-corrected chi connectivity index (χ2v) is 5.18. The topological polar surface area (TPSA) is 77.8 Å². The third-order valence-electron chi connectivity index (χ3n) is 3.42. The van der Waals surface area contributed by atoms with Crippen molar-refractivity contribution < 1.29 is 17.7 Å². The summed E-state index contributed by atoms with van der Waals surface area (Å²) < 4.78 is 37.6. The number of aromatic nitrogens is 4. The molecule has 124 valence electrons. The molecule has 0 unspecified atom stereocenters. The highest BCUT2D eigenvalue weighted by Gasteiger charge is 2.16. The van der Waals surface area contributed by atoms with Gasteiger partial charge in [0.05, 0.1) is 5.56 Å². The second-order valence-electron chi connectivity index (χ2n) is 5.18. The Morgan fingerprint density at radius 2 is 1.80 bits per heavy atom. The van der Waals surface area contributed by atoms with E-state index in [2.05, 4.69) is 20.3 Å². The van der Waals surface area contributed by atoms with Crippen LogP contribution in [0.1, 0.15) is 11.8 Å². The standard InChI is InChI=1S/C17H10F2N4O2/c18-11-5-3-4-10(8-11)17-22-21-15(24-17)9-14-20-16(23-25-14)12-6-1-2-7-13(12)19/h1-8H,9H2. The van der Waals surface area contributed by atoms with E-state index < -0.39 is 11.6 Å². The molecule has 2 aromatic heterocycles. The van der Waals surface area contributed by atoms with Crippen LogP contribution in [0.2, 0.25) is 0 Å². The molecule has 0 aliphatic heterocycles. The summed E-state index contributed by atoms with van der Waals surface area (Å²) >= 11 is 0. The van der Waals surface area contributed by atoms with Crippen LogP contribution in [0, 0.1) is 11.6 Å². The van der Waals surface area contributed by atoms with E-state index in [4.69, 9.17) is 8.94 Å². The highest BCUT2D eigenvalue weighted by Crippen LogP contribution is 2.22. The van der Waals surface area contributed by atoms with Crippen molar-refractivity contribution >= 4 is 0 Å². The highest BCUT2D eigenvalue weighted by atomic mass is 19.1. The van der Waals surface area contributed by atoms with Gasteiger partial charge in [-0.3, -0.25) is 0 Å². The van der Waals surface area contributed by atoms with E-state index in [9.17, 15) is 8.78 Å². The largest absolute Gasteiger partial charge is 0.420 e. The number of halogens is 2. The maximum Gasteiger partial charge on any atom is 0.247 e. The minimum absolute atomic E-state index is 0.0871. The van der Waals surface area contributed by atoms with Crippen molar-refractivity contribution in [3.05, 3.63) is 71.9 Å². The molecule has 0 radical (unpaired) electrons. The number of rotatable bonds is 4. The fraction of sp³-hybridized carbons (Fsp3) is 0.0588. The summed E-state index contributed by atoms with van der Waals surface area (Å²) in [6, 6.07) is 11.9. The molecule has 0 amide bonds. The Bertz CT molecular complexity index is 1030. The molecule has 25 heavy (non-hydrogen) atoms. The lowest BCUT2D eigenvalue weighted by Gasteiger charge is -1.94. The van der Waals surface area contributed by atoms with Crippen molar-refractivity contribution in [3.8, 4) is 22.8 Å². The number of hydrogen-bond acceptors (Lipinski definition) is 6. The van der Waals surface area contributed by atoms with E-state index >= 15 is 0 Å². The second kappa shape index (κ2) is 6.23. The SMILES string of the molecule is Fc1cccc(-c2nnc(Cc3nc(-c4ccccc4F)no3)o2)c1. The van der Waals surface area contributed by atoms with Gasteiger partial charge < -0.3 is 8.94 Å². The zero-order chi connectivity index (χ0) is 17.2. The first-order chi connectivity index (χ1) is 12.2. The van der Waals surface area contributed by atoms with Gasteiger partial charge in [-0.05, 0) is 30.3 Å². The Morgan fingerprint density at radius 1 is 0.920 bits per heavy atom. The fourth-order valence-corrected chi connectivity index (χ4v) is 2.27. The molecular formula is C17H10F2N4O2. The first-order valence-corrected chi connectivity index (χ1v) is 7.35. The van der Waals surface area contributed by atoms with E-state index in [0.29, 0.717) is 5.56 Å². The van der Waals surface area contributed by atoms with Crippen molar-refractivity contribution in [2.75, 3.05) is 0 Å². The monoisotopic (exact) mass is 340 g/mol. The van der Waals surface area contributed by atoms with Gasteiger partial charge in [-0.1, -0.05) is 23.4 Å². The van der Waals surface area contributed by atoms with Crippen molar-refractivity contribution in [2.45, 2.75) is 6.42 Å². The van der Waals surface area contributed by atoms with Gasteiger partial charge in [0.2, 0.25) is 23.5 Å². The van der Waals surface area contributed by atoms with Crippen molar-refractivity contribution in [3.63, 3.8) is 0 Å². The number of benzene rings is 2. The van der Waals surface area contributed by atoms with Gasteiger partial charge in [0, 0.05) is 5.56 Å². The number of nitrogens with zero attached hydrogens (tertiary/aromatic N) is 4. The minimum atomic E-state index is -0.443. The summed E-state index contributed by atoms with van der Waals surface area (Å²) in [5.74, 6) is -0.0956. The van der Waals surface area contributed by atoms with E-state index in [1.807, 2.05) is 0 Å². The molecule has 6 nitrogen and oxygen atoms in total. The molecule has 0 aliphatic carbocycles. The minimum Gasteiger partial charge on any atom is -0.420 e.